The summed E-state index contributed by atoms with van der Waals surface area (Å²) in [6, 6.07) is 12.8. The average Bonchev–Trinajstić information content (AvgIpc) is 2.59. The molecule has 2 aromatic carbocycles. The van der Waals surface area contributed by atoms with E-state index in [1.807, 2.05) is 24.3 Å². The zero-order valence-corrected chi connectivity index (χ0v) is 15.5. The highest BCUT2D eigenvalue weighted by molar-refractivity contribution is 7.80. The molecule has 2 rings (SSSR count). The van der Waals surface area contributed by atoms with Crippen molar-refractivity contribution in [2.45, 2.75) is 32.9 Å². The monoisotopic (exact) mass is 379 g/mol. The van der Waals surface area contributed by atoms with Crippen molar-refractivity contribution in [2.75, 3.05) is 5.32 Å². The predicted molar refractivity (Wildman–Crippen MR) is 104 cm³/mol. The molecule has 0 amide bonds. The van der Waals surface area contributed by atoms with E-state index in [1.165, 1.54) is 11.6 Å². The maximum Gasteiger partial charge on any atom is 0.416 e. The lowest BCUT2D eigenvalue weighted by atomic mass is 10.0. The molecule has 2 aromatic rings. The van der Waals surface area contributed by atoms with Crippen molar-refractivity contribution in [3.8, 4) is 0 Å². The summed E-state index contributed by atoms with van der Waals surface area (Å²) in [6.45, 7) is 5.84. The number of hydrazone groups is 1. The zero-order chi connectivity index (χ0) is 19.3. The van der Waals surface area contributed by atoms with Crippen molar-refractivity contribution in [1.29, 1.82) is 0 Å². The number of rotatable bonds is 4. The Balaban J connectivity index is 2.01. The molecule has 0 aliphatic heterocycles. The van der Waals surface area contributed by atoms with Gasteiger partial charge in [-0.1, -0.05) is 38.1 Å². The molecule has 138 valence electrons. The van der Waals surface area contributed by atoms with Gasteiger partial charge < -0.3 is 5.32 Å². The van der Waals surface area contributed by atoms with Crippen molar-refractivity contribution >= 4 is 28.7 Å². The van der Waals surface area contributed by atoms with Crippen LogP contribution in [0.2, 0.25) is 0 Å². The van der Waals surface area contributed by atoms with E-state index in [2.05, 4.69) is 29.7 Å². The van der Waals surface area contributed by atoms with Gasteiger partial charge in [-0.3, -0.25) is 5.43 Å². The largest absolute Gasteiger partial charge is 0.416 e. The molecule has 0 bridgehead atoms. The first-order chi connectivity index (χ1) is 12.2. The van der Waals surface area contributed by atoms with E-state index in [-0.39, 0.29) is 5.11 Å². The lowest BCUT2D eigenvalue weighted by Crippen LogP contribution is -2.25. The van der Waals surface area contributed by atoms with E-state index in [1.54, 1.807) is 13.0 Å². The Bertz CT molecular complexity index is 796. The van der Waals surface area contributed by atoms with Gasteiger partial charge in [-0.15, -0.1) is 0 Å². The van der Waals surface area contributed by atoms with Gasteiger partial charge in [0.25, 0.3) is 0 Å². The van der Waals surface area contributed by atoms with Gasteiger partial charge >= 0.3 is 6.18 Å². The van der Waals surface area contributed by atoms with Crippen LogP contribution in [0.15, 0.2) is 53.6 Å². The van der Waals surface area contributed by atoms with Crippen LogP contribution in [0.5, 0.6) is 0 Å². The van der Waals surface area contributed by atoms with E-state index < -0.39 is 11.7 Å². The minimum absolute atomic E-state index is 0.258. The number of benzene rings is 2. The Morgan fingerprint density at radius 1 is 1.08 bits per heavy atom. The van der Waals surface area contributed by atoms with Crippen molar-refractivity contribution < 1.29 is 13.2 Å². The van der Waals surface area contributed by atoms with Gasteiger partial charge in [-0.05, 0) is 60.5 Å². The average molecular weight is 379 g/mol. The summed E-state index contributed by atoms with van der Waals surface area (Å²) < 4.78 is 38.3. The fourth-order valence-corrected chi connectivity index (χ4v) is 2.39. The summed E-state index contributed by atoms with van der Waals surface area (Å²) in [5.74, 6) is 0.439. The van der Waals surface area contributed by atoms with Crippen LogP contribution in [-0.4, -0.2) is 10.8 Å². The second-order valence-corrected chi connectivity index (χ2v) is 6.53. The first kappa shape index (κ1) is 19.9. The van der Waals surface area contributed by atoms with Crippen LogP contribution in [0.3, 0.4) is 0 Å². The molecule has 26 heavy (non-hydrogen) atoms. The number of hydrogen-bond donors (Lipinski definition) is 2. The second kappa shape index (κ2) is 8.31. The topological polar surface area (TPSA) is 36.4 Å². The van der Waals surface area contributed by atoms with Gasteiger partial charge in [0, 0.05) is 5.69 Å². The Morgan fingerprint density at radius 2 is 1.73 bits per heavy atom. The molecular formula is C19H20F3N3S. The van der Waals surface area contributed by atoms with Gasteiger partial charge in [0.1, 0.15) is 0 Å². The first-order valence-corrected chi connectivity index (χ1v) is 8.46. The highest BCUT2D eigenvalue weighted by Gasteiger charge is 2.30. The molecule has 0 spiro atoms. The fraction of sp³-hybridized carbons (Fsp3) is 0.263. The van der Waals surface area contributed by atoms with Crippen LogP contribution in [-0.2, 0) is 6.18 Å². The maximum atomic E-state index is 12.8. The third kappa shape index (κ3) is 5.56. The fourth-order valence-electron chi connectivity index (χ4n) is 2.23. The van der Waals surface area contributed by atoms with E-state index in [0.29, 0.717) is 17.2 Å². The number of thiocarbonyl (C=S) groups is 1. The van der Waals surface area contributed by atoms with E-state index in [9.17, 15) is 13.2 Å². The normalized spacial score (nSPS) is 12.2. The molecule has 3 nitrogen and oxygen atoms in total. The van der Waals surface area contributed by atoms with Gasteiger partial charge in [0.2, 0.25) is 0 Å². The molecule has 0 unspecified atom stereocenters. The number of hydrogen-bond acceptors (Lipinski definition) is 2. The van der Waals surface area contributed by atoms with Crippen LogP contribution >= 0.6 is 12.2 Å². The Labute approximate surface area is 156 Å². The van der Waals surface area contributed by atoms with Crippen LogP contribution in [0.4, 0.5) is 18.9 Å². The second-order valence-electron chi connectivity index (χ2n) is 6.12. The van der Waals surface area contributed by atoms with E-state index in [0.717, 1.165) is 17.8 Å². The van der Waals surface area contributed by atoms with Crippen LogP contribution in [0.25, 0.3) is 0 Å². The molecule has 0 aliphatic carbocycles. The zero-order valence-electron chi connectivity index (χ0n) is 14.7. The highest BCUT2D eigenvalue weighted by Crippen LogP contribution is 2.29. The maximum absolute atomic E-state index is 12.8. The summed E-state index contributed by atoms with van der Waals surface area (Å²) in [6.07, 6.45) is -4.39. The van der Waals surface area contributed by atoms with E-state index >= 15 is 0 Å². The quantitative estimate of drug-likeness (QED) is 0.416. The highest BCUT2D eigenvalue weighted by atomic mass is 32.1. The molecule has 0 aromatic heterocycles. The lowest BCUT2D eigenvalue weighted by molar-refractivity contribution is -0.137. The standard InChI is InChI=1S/C19H20F3N3S/c1-12(2)14-7-9-17(10-8-14)23-18(26)25-24-13(3)15-5-4-6-16(11-15)19(20,21)22/h4-12H,1-3H3,(H2,23,25,26). The van der Waals surface area contributed by atoms with E-state index in [4.69, 9.17) is 12.2 Å². The Hall–Kier alpha value is -2.41. The van der Waals surface area contributed by atoms with Gasteiger partial charge in [-0.2, -0.15) is 18.3 Å². The Morgan fingerprint density at radius 3 is 2.31 bits per heavy atom. The summed E-state index contributed by atoms with van der Waals surface area (Å²) >= 11 is 5.16. The van der Waals surface area contributed by atoms with Crippen LogP contribution < -0.4 is 10.7 Å². The molecule has 7 heteroatoms. The van der Waals surface area contributed by atoms with Crippen molar-refractivity contribution in [1.82, 2.24) is 5.43 Å². The SMILES string of the molecule is CC(=NNC(=S)Nc1ccc(C(C)C)cc1)c1cccc(C(F)(F)F)c1. The van der Waals surface area contributed by atoms with Crippen molar-refractivity contribution in [3.63, 3.8) is 0 Å². The summed E-state index contributed by atoms with van der Waals surface area (Å²) in [5, 5.41) is 7.30. The number of nitrogens with zero attached hydrogens (tertiary/aromatic N) is 1. The summed E-state index contributed by atoms with van der Waals surface area (Å²) in [5.41, 5.74) is 4.73. The predicted octanol–water partition coefficient (Wildman–Crippen LogP) is 5.54. The number of anilines is 1. The molecular weight excluding hydrogens is 359 g/mol. The molecule has 0 heterocycles. The Kier molecular flexibility index (Phi) is 6.37. The molecule has 2 N–H and O–H groups in total. The van der Waals surface area contributed by atoms with Gasteiger partial charge in [0.05, 0.1) is 11.3 Å². The smallest absolute Gasteiger partial charge is 0.331 e. The third-order valence-electron chi connectivity index (χ3n) is 3.77. The van der Waals surface area contributed by atoms with Gasteiger partial charge in [0.15, 0.2) is 5.11 Å². The molecule has 0 saturated heterocycles. The molecule has 0 atom stereocenters. The minimum atomic E-state index is -4.39. The third-order valence-corrected chi connectivity index (χ3v) is 3.96. The molecule has 0 fully saturated rings. The number of halogens is 3. The number of alkyl halides is 3. The summed E-state index contributed by atoms with van der Waals surface area (Å²) in [7, 11) is 0. The minimum Gasteiger partial charge on any atom is -0.331 e. The van der Waals surface area contributed by atoms with Crippen LogP contribution in [0.1, 0.15) is 43.4 Å². The summed E-state index contributed by atoms with van der Waals surface area (Å²) in [4.78, 5) is 0. The first-order valence-electron chi connectivity index (χ1n) is 8.05. The van der Waals surface area contributed by atoms with Crippen molar-refractivity contribution in [2.24, 2.45) is 5.10 Å². The van der Waals surface area contributed by atoms with Crippen molar-refractivity contribution in [3.05, 3.63) is 65.2 Å². The lowest BCUT2D eigenvalue weighted by Gasteiger charge is -2.11. The molecule has 0 radical (unpaired) electrons. The van der Waals surface area contributed by atoms with Crippen LogP contribution in [0, 0.1) is 0 Å². The molecule has 0 saturated carbocycles. The number of nitrogens with one attached hydrogen (secondary N) is 2. The van der Waals surface area contributed by atoms with Gasteiger partial charge in [-0.25, -0.2) is 0 Å². The molecule has 0 aliphatic rings.